The monoisotopic (exact) mass is 876 g/mol. The average Bonchev–Trinajstić information content (AvgIpc) is 3.85. The average molecular weight is 877 g/mol. The van der Waals surface area contributed by atoms with Gasteiger partial charge in [0.25, 0.3) is 0 Å². The summed E-state index contributed by atoms with van der Waals surface area (Å²) in [5.74, 6) is 0. The van der Waals surface area contributed by atoms with Crippen LogP contribution in [0.5, 0.6) is 0 Å². The highest BCUT2D eigenvalue weighted by atomic mass is 14.4. The number of hydrogen-bond donors (Lipinski definition) is 0. The molecule has 0 N–H and O–H groups in total. The minimum absolute atomic E-state index is 0.0592. The van der Waals surface area contributed by atoms with E-state index >= 15 is 0 Å². The summed E-state index contributed by atoms with van der Waals surface area (Å²) in [6.07, 6.45) is 8.05. The van der Waals surface area contributed by atoms with Gasteiger partial charge in [-0.2, -0.15) is 0 Å². The fourth-order valence-electron chi connectivity index (χ4n) is 13.2. The molecular formula is C68H60. The fraction of sp³-hybridized carbons (Fsp3) is 0.206. The Balaban J connectivity index is 0.00000237. The third-order valence-electron chi connectivity index (χ3n) is 16.8. The molecule has 0 nitrogen and oxygen atoms in total. The van der Waals surface area contributed by atoms with Crippen molar-refractivity contribution in [3.05, 3.63) is 249 Å². The standard InChI is InChI=1S/C66H54.C2H6/c1-63(2)54-22-11-8-19-46(54)49-30-26-42(37-58(49)63)40-17-16-18-45(35-40)62-52-33-28-41(43-27-31-50-47-20-9-12-23-55(47)64(3,4)59(50)38-43)36-53(52)61(57-25-14-15-34-66(57,62)7)44-29-32-51-48-21-10-13-24-56(48)65(5,6)60(51)39-44;1-2/h8-33,35-39H,34H2,1-7H3;1-2H3. The van der Waals surface area contributed by atoms with E-state index in [-0.39, 0.29) is 21.7 Å². The first-order valence-corrected chi connectivity index (χ1v) is 25.0. The first-order chi connectivity index (χ1) is 32.9. The Morgan fingerprint density at radius 2 is 0.750 bits per heavy atom. The van der Waals surface area contributed by atoms with Crippen molar-refractivity contribution in [1.82, 2.24) is 0 Å². The topological polar surface area (TPSA) is 0 Å². The van der Waals surface area contributed by atoms with Crippen molar-refractivity contribution in [2.24, 2.45) is 5.41 Å². The molecule has 68 heavy (non-hydrogen) atoms. The highest BCUT2D eigenvalue weighted by Gasteiger charge is 2.42. The molecule has 0 radical (unpaired) electrons. The molecule has 8 aromatic carbocycles. The molecule has 332 valence electrons. The lowest BCUT2D eigenvalue weighted by Gasteiger charge is -2.41. The largest absolute Gasteiger partial charge is 0.0833 e. The third kappa shape index (κ3) is 5.86. The van der Waals surface area contributed by atoms with E-state index in [0.717, 1.165) is 6.42 Å². The molecular weight excluding hydrogens is 817 g/mol. The molecule has 5 aliphatic carbocycles. The van der Waals surface area contributed by atoms with Gasteiger partial charge in [-0.25, -0.2) is 0 Å². The van der Waals surface area contributed by atoms with Crippen molar-refractivity contribution >= 4 is 11.1 Å². The third-order valence-corrected chi connectivity index (χ3v) is 16.8. The summed E-state index contributed by atoms with van der Waals surface area (Å²) in [7, 11) is 0. The molecule has 8 aromatic rings. The SMILES string of the molecule is CC.CC12CC=CC=C1C(c1ccc3c(c1)C(C)(C)c1ccccc1-3)=c1cc(-c3ccc4c(c3)C(C)(C)c3ccccc3-4)ccc1=C2c1cccc(-c2ccc3c(c2)C(C)(C)c2ccccc2-3)c1. The first-order valence-electron chi connectivity index (χ1n) is 25.0. The summed E-state index contributed by atoms with van der Waals surface area (Å²) in [6, 6.07) is 65.5. The summed E-state index contributed by atoms with van der Waals surface area (Å²) in [5.41, 5.74) is 27.9. The van der Waals surface area contributed by atoms with E-state index < -0.39 is 0 Å². The van der Waals surface area contributed by atoms with Crippen LogP contribution in [0.15, 0.2) is 194 Å². The molecule has 0 saturated carbocycles. The Morgan fingerprint density at radius 1 is 0.338 bits per heavy atom. The van der Waals surface area contributed by atoms with E-state index in [1.54, 1.807) is 0 Å². The van der Waals surface area contributed by atoms with Crippen molar-refractivity contribution < 1.29 is 0 Å². The molecule has 0 heterocycles. The smallest absolute Gasteiger partial charge is 0.0227 e. The van der Waals surface area contributed by atoms with Crippen LogP contribution in [-0.4, -0.2) is 0 Å². The molecule has 13 rings (SSSR count). The zero-order valence-electron chi connectivity index (χ0n) is 41.1. The minimum Gasteiger partial charge on any atom is -0.0833 e. The molecule has 0 aromatic heterocycles. The number of hydrogen-bond acceptors (Lipinski definition) is 0. The lowest BCUT2D eigenvalue weighted by atomic mass is 9.62. The molecule has 0 heteroatoms. The van der Waals surface area contributed by atoms with Gasteiger partial charge < -0.3 is 0 Å². The predicted molar refractivity (Wildman–Crippen MR) is 288 cm³/mol. The number of fused-ring (bicyclic) bond motifs is 11. The zero-order valence-corrected chi connectivity index (χ0v) is 41.1. The number of rotatable bonds is 4. The van der Waals surface area contributed by atoms with Crippen LogP contribution in [-0.2, 0) is 16.2 Å². The molecule has 1 unspecified atom stereocenters. The van der Waals surface area contributed by atoms with Crippen molar-refractivity contribution in [1.29, 1.82) is 0 Å². The van der Waals surface area contributed by atoms with Gasteiger partial charge in [0.1, 0.15) is 0 Å². The maximum Gasteiger partial charge on any atom is 0.0227 e. The quantitative estimate of drug-likeness (QED) is 0.165. The molecule has 0 fully saturated rings. The van der Waals surface area contributed by atoms with Gasteiger partial charge in [0.15, 0.2) is 0 Å². The van der Waals surface area contributed by atoms with Crippen LogP contribution in [0, 0.1) is 5.41 Å². The summed E-state index contributed by atoms with van der Waals surface area (Å²) in [5, 5.41) is 2.63. The van der Waals surface area contributed by atoms with Crippen LogP contribution in [0.4, 0.5) is 0 Å². The van der Waals surface area contributed by atoms with E-state index in [2.05, 4.69) is 237 Å². The van der Waals surface area contributed by atoms with Gasteiger partial charge in [0, 0.05) is 21.7 Å². The molecule has 0 bridgehead atoms. The van der Waals surface area contributed by atoms with Gasteiger partial charge in [-0.05, 0) is 164 Å². The van der Waals surface area contributed by atoms with Gasteiger partial charge in [0.2, 0.25) is 0 Å². The highest BCUT2D eigenvalue weighted by molar-refractivity contribution is 5.94. The molecule has 0 amide bonds. The van der Waals surface area contributed by atoms with Gasteiger partial charge in [-0.1, -0.05) is 220 Å². The molecule has 5 aliphatic rings. The number of benzene rings is 8. The Kier molecular flexibility index (Phi) is 9.33. The van der Waals surface area contributed by atoms with Gasteiger partial charge in [-0.15, -0.1) is 0 Å². The van der Waals surface area contributed by atoms with Crippen LogP contribution in [0.2, 0.25) is 0 Å². The summed E-state index contributed by atoms with van der Waals surface area (Å²) in [6.45, 7) is 20.8. The predicted octanol–water partition coefficient (Wildman–Crippen LogP) is 16.3. The lowest BCUT2D eigenvalue weighted by Crippen LogP contribution is -2.42. The zero-order chi connectivity index (χ0) is 46.9. The summed E-state index contributed by atoms with van der Waals surface area (Å²) >= 11 is 0. The van der Waals surface area contributed by atoms with Crippen molar-refractivity contribution in [2.75, 3.05) is 0 Å². The summed E-state index contributed by atoms with van der Waals surface area (Å²) < 4.78 is 0. The second-order valence-corrected chi connectivity index (χ2v) is 21.4. The Labute approximate surface area is 403 Å². The van der Waals surface area contributed by atoms with E-state index in [1.807, 2.05) is 13.8 Å². The molecule has 1 atom stereocenters. The van der Waals surface area contributed by atoms with Gasteiger partial charge in [0.05, 0.1) is 0 Å². The molecule has 0 saturated heterocycles. The van der Waals surface area contributed by atoms with Crippen LogP contribution in [0.3, 0.4) is 0 Å². The van der Waals surface area contributed by atoms with Crippen LogP contribution < -0.4 is 10.4 Å². The minimum atomic E-state index is -0.264. The van der Waals surface area contributed by atoms with Crippen LogP contribution in [0.1, 0.15) is 113 Å². The van der Waals surface area contributed by atoms with Crippen molar-refractivity contribution in [3.8, 4) is 55.6 Å². The fourth-order valence-corrected chi connectivity index (χ4v) is 13.2. The molecule has 0 aliphatic heterocycles. The van der Waals surface area contributed by atoms with E-state index in [4.69, 9.17) is 0 Å². The Morgan fingerprint density at radius 3 is 1.28 bits per heavy atom. The van der Waals surface area contributed by atoms with Crippen LogP contribution in [0.25, 0.3) is 66.8 Å². The lowest BCUT2D eigenvalue weighted by molar-refractivity contribution is 0.547. The van der Waals surface area contributed by atoms with Crippen molar-refractivity contribution in [2.45, 2.75) is 85.0 Å². The van der Waals surface area contributed by atoms with Gasteiger partial charge >= 0.3 is 0 Å². The van der Waals surface area contributed by atoms with E-state index in [0.29, 0.717) is 0 Å². The number of allylic oxidation sites excluding steroid dienone is 4. The van der Waals surface area contributed by atoms with Crippen molar-refractivity contribution in [3.63, 3.8) is 0 Å². The highest BCUT2D eigenvalue weighted by Crippen LogP contribution is 2.55. The Bertz CT molecular complexity index is 3650. The summed E-state index contributed by atoms with van der Waals surface area (Å²) in [4.78, 5) is 0. The van der Waals surface area contributed by atoms with E-state index in [1.165, 1.54) is 127 Å². The second kappa shape index (κ2) is 15.0. The maximum absolute atomic E-state index is 2.54. The van der Waals surface area contributed by atoms with E-state index in [9.17, 15) is 0 Å². The second-order valence-electron chi connectivity index (χ2n) is 21.4. The Hall–Kier alpha value is -7.02. The van der Waals surface area contributed by atoms with Gasteiger partial charge in [-0.3, -0.25) is 0 Å². The molecule has 0 spiro atoms. The maximum atomic E-state index is 2.54. The first kappa shape index (κ1) is 42.3. The van der Waals surface area contributed by atoms with Crippen LogP contribution >= 0.6 is 0 Å². The normalized spacial score (nSPS) is 18.7.